The van der Waals surface area contributed by atoms with Crippen LogP contribution in [0.15, 0.2) is 41.6 Å². The molecule has 1 aliphatic rings. The largest absolute Gasteiger partial charge is 0.508 e. The van der Waals surface area contributed by atoms with Crippen molar-refractivity contribution in [1.82, 2.24) is 10.4 Å². The SMILES string of the molecule is CN1NC(C)(c2ccc(O)cc2C(C)(C)C)C(C=NO)C1(Cl)c1ccc(O)cc1C(C)(C)C. The van der Waals surface area contributed by atoms with Crippen molar-refractivity contribution < 1.29 is 15.4 Å². The maximum Gasteiger partial charge on any atom is 0.144 e. The van der Waals surface area contributed by atoms with E-state index < -0.39 is 16.5 Å². The van der Waals surface area contributed by atoms with Crippen LogP contribution in [0.25, 0.3) is 0 Å². The Balaban J connectivity index is 2.33. The first-order valence-corrected chi connectivity index (χ1v) is 11.5. The molecule has 2 aromatic rings. The zero-order valence-electron chi connectivity index (χ0n) is 20.7. The van der Waals surface area contributed by atoms with Gasteiger partial charge in [0, 0.05) is 7.05 Å². The second kappa shape index (κ2) is 8.19. The molecular weight excluding hydrogens is 438 g/mol. The Hall–Kier alpha value is -2.28. The number of oxime groups is 1. The van der Waals surface area contributed by atoms with Crippen molar-refractivity contribution in [2.45, 2.75) is 69.8 Å². The number of phenolic OH excluding ortho intramolecular Hbond substituents is 2. The Morgan fingerprint density at radius 3 is 1.85 bits per heavy atom. The lowest BCUT2D eigenvalue weighted by Gasteiger charge is -2.39. The number of halogens is 1. The van der Waals surface area contributed by atoms with E-state index in [1.54, 1.807) is 24.3 Å². The van der Waals surface area contributed by atoms with Crippen LogP contribution in [0.3, 0.4) is 0 Å². The molecule has 3 rings (SSSR count). The van der Waals surface area contributed by atoms with Crippen molar-refractivity contribution in [3.63, 3.8) is 0 Å². The zero-order chi connectivity index (χ0) is 25.0. The van der Waals surface area contributed by atoms with Crippen LogP contribution in [0.2, 0.25) is 0 Å². The number of hydrazine groups is 1. The molecule has 1 saturated heterocycles. The van der Waals surface area contributed by atoms with Crippen molar-refractivity contribution in [2.24, 2.45) is 11.1 Å². The van der Waals surface area contributed by atoms with E-state index in [9.17, 15) is 15.4 Å². The lowest BCUT2D eigenvalue weighted by Crippen LogP contribution is -2.44. The van der Waals surface area contributed by atoms with Crippen molar-refractivity contribution >= 4 is 17.8 Å². The molecule has 0 aliphatic carbocycles. The summed E-state index contributed by atoms with van der Waals surface area (Å²) in [7, 11) is 1.87. The summed E-state index contributed by atoms with van der Waals surface area (Å²) in [5.41, 5.74) is 5.84. The first kappa shape index (κ1) is 25.3. The maximum absolute atomic E-state index is 10.2. The predicted octanol–water partition coefficient (Wildman–Crippen LogP) is 5.53. The number of hydrogen-bond donors (Lipinski definition) is 4. The highest BCUT2D eigenvalue weighted by molar-refractivity contribution is 6.25. The second-order valence-corrected chi connectivity index (χ2v) is 11.8. The van der Waals surface area contributed by atoms with Gasteiger partial charge in [-0.2, -0.15) is 0 Å². The van der Waals surface area contributed by atoms with Gasteiger partial charge in [0.2, 0.25) is 0 Å². The lowest BCUT2D eigenvalue weighted by molar-refractivity contribution is 0.177. The van der Waals surface area contributed by atoms with Gasteiger partial charge in [-0.1, -0.05) is 65.3 Å². The first-order chi connectivity index (χ1) is 15.1. The molecule has 7 heteroatoms. The molecular formula is C26H36ClN3O3. The minimum absolute atomic E-state index is 0.168. The normalized spacial score (nSPS) is 26.9. The average molecular weight is 474 g/mol. The highest BCUT2D eigenvalue weighted by Crippen LogP contribution is 2.55. The minimum atomic E-state index is -1.13. The summed E-state index contributed by atoms with van der Waals surface area (Å²) in [6.45, 7) is 14.5. The second-order valence-electron chi connectivity index (χ2n) is 11.2. The smallest absolute Gasteiger partial charge is 0.144 e. The molecule has 0 aromatic heterocycles. The Morgan fingerprint density at radius 1 is 0.939 bits per heavy atom. The Morgan fingerprint density at radius 2 is 1.39 bits per heavy atom. The van der Waals surface area contributed by atoms with Crippen molar-refractivity contribution in [3.05, 3.63) is 58.7 Å². The third-order valence-corrected chi connectivity index (χ3v) is 7.39. The number of aromatic hydroxyl groups is 2. The fraction of sp³-hybridized carbons (Fsp3) is 0.500. The molecule has 0 spiro atoms. The zero-order valence-corrected chi connectivity index (χ0v) is 21.5. The van der Waals surface area contributed by atoms with Gasteiger partial charge in [0.1, 0.15) is 16.5 Å². The van der Waals surface area contributed by atoms with E-state index >= 15 is 0 Å². The van der Waals surface area contributed by atoms with E-state index in [2.05, 4.69) is 52.1 Å². The number of hydrogen-bond acceptors (Lipinski definition) is 6. The molecule has 2 aromatic carbocycles. The van der Waals surface area contributed by atoms with E-state index in [1.165, 1.54) is 6.21 Å². The number of rotatable bonds is 3. The predicted molar refractivity (Wildman–Crippen MR) is 133 cm³/mol. The number of nitrogens with zero attached hydrogens (tertiary/aromatic N) is 2. The monoisotopic (exact) mass is 473 g/mol. The molecule has 1 aliphatic heterocycles. The molecule has 6 nitrogen and oxygen atoms in total. The van der Waals surface area contributed by atoms with E-state index in [4.69, 9.17) is 11.6 Å². The van der Waals surface area contributed by atoms with Crippen molar-refractivity contribution in [1.29, 1.82) is 0 Å². The summed E-state index contributed by atoms with van der Waals surface area (Å²) in [4.78, 5) is -1.13. The molecule has 1 fully saturated rings. The molecule has 0 bridgehead atoms. The van der Waals surface area contributed by atoms with Gasteiger partial charge in [0.05, 0.1) is 17.7 Å². The Kier molecular flexibility index (Phi) is 6.29. The summed E-state index contributed by atoms with van der Waals surface area (Å²) >= 11 is 7.52. The van der Waals surface area contributed by atoms with E-state index in [0.717, 1.165) is 22.3 Å². The highest BCUT2D eigenvalue weighted by atomic mass is 35.5. The standard InChI is InChI=1S/C26H36ClN3O3/c1-23(2,3)20-13-16(31)9-11-18(20)25(7)22(15-28-33)26(27,30(8)29-25)19-12-10-17(32)14-21(19)24(4,5)6/h9-15,22,29,31-33H,1-8H3. The van der Waals surface area contributed by atoms with Crippen molar-refractivity contribution in [3.8, 4) is 11.5 Å². The summed E-state index contributed by atoms with van der Waals surface area (Å²) in [6.07, 6.45) is 1.47. The molecule has 3 atom stereocenters. The van der Waals surface area contributed by atoms with Crippen molar-refractivity contribution in [2.75, 3.05) is 7.05 Å². The maximum atomic E-state index is 10.2. The average Bonchev–Trinajstić information content (AvgIpc) is 2.88. The highest BCUT2D eigenvalue weighted by Gasteiger charge is 2.60. The number of nitrogens with one attached hydrogen (secondary N) is 1. The summed E-state index contributed by atoms with van der Waals surface area (Å²) < 4.78 is 0. The van der Waals surface area contributed by atoms with Gasteiger partial charge < -0.3 is 15.4 Å². The van der Waals surface area contributed by atoms with Crippen LogP contribution in [0.4, 0.5) is 0 Å². The molecule has 3 unspecified atom stereocenters. The summed E-state index contributed by atoms with van der Waals surface area (Å²) in [5, 5.41) is 35.5. The van der Waals surface area contributed by atoms with Gasteiger partial charge in [0.25, 0.3) is 0 Å². The number of benzene rings is 2. The molecule has 4 N–H and O–H groups in total. The fourth-order valence-electron chi connectivity index (χ4n) is 5.05. The fourth-order valence-corrected chi connectivity index (χ4v) is 5.53. The van der Waals surface area contributed by atoms with Crippen LogP contribution < -0.4 is 5.43 Å². The quantitative estimate of drug-likeness (QED) is 0.155. The summed E-state index contributed by atoms with van der Waals surface area (Å²) in [6, 6.07) is 10.6. The van der Waals surface area contributed by atoms with Crippen LogP contribution in [0.5, 0.6) is 11.5 Å². The lowest BCUT2D eigenvalue weighted by atomic mass is 9.69. The van der Waals surface area contributed by atoms with E-state index in [0.29, 0.717) is 0 Å². The van der Waals surface area contributed by atoms with Crippen LogP contribution in [-0.2, 0) is 21.4 Å². The first-order valence-electron chi connectivity index (χ1n) is 11.1. The molecule has 0 amide bonds. The minimum Gasteiger partial charge on any atom is -0.508 e. The van der Waals surface area contributed by atoms with Crippen LogP contribution in [-0.4, -0.2) is 33.7 Å². The van der Waals surface area contributed by atoms with E-state index in [-0.39, 0.29) is 22.3 Å². The topological polar surface area (TPSA) is 88.3 Å². The summed E-state index contributed by atoms with van der Waals surface area (Å²) in [5.74, 6) is -0.157. The van der Waals surface area contributed by atoms with Gasteiger partial charge in [-0.15, -0.1) is 5.16 Å². The van der Waals surface area contributed by atoms with Gasteiger partial charge in [-0.25, -0.2) is 10.4 Å². The molecule has 33 heavy (non-hydrogen) atoms. The number of alkyl halides is 1. The Labute approximate surface area is 201 Å². The van der Waals surface area contributed by atoms with Crippen LogP contribution in [0, 0.1) is 5.92 Å². The van der Waals surface area contributed by atoms with Gasteiger partial charge in [0.15, 0.2) is 0 Å². The van der Waals surface area contributed by atoms with Gasteiger partial charge >= 0.3 is 0 Å². The van der Waals surface area contributed by atoms with Gasteiger partial charge in [-0.3, -0.25) is 0 Å². The third-order valence-electron chi connectivity index (χ3n) is 6.70. The van der Waals surface area contributed by atoms with E-state index in [1.807, 2.05) is 31.1 Å². The van der Waals surface area contributed by atoms with Gasteiger partial charge in [-0.05, 0) is 64.3 Å². The van der Waals surface area contributed by atoms with Crippen LogP contribution in [0.1, 0.15) is 70.7 Å². The third kappa shape index (κ3) is 4.20. The van der Waals surface area contributed by atoms with Crippen LogP contribution >= 0.6 is 11.6 Å². The molecule has 0 radical (unpaired) electrons. The molecule has 180 valence electrons. The number of phenols is 2. The Bertz CT molecular complexity index is 1070. The molecule has 0 saturated carbocycles. The molecule has 1 heterocycles.